The number of H-pyrrole nitrogens is 1. The number of aromatic amines is 1. The van der Waals surface area contributed by atoms with Gasteiger partial charge in [-0.3, -0.25) is 9.78 Å². The lowest BCUT2D eigenvalue weighted by atomic mass is 9.84. The molecule has 3 aromatic rings. The standard InChI is InChI=1S/C23H21ClF3N3O2S/c1-22(2,23(25,26)27)18(31)11-5-13-4-10-17(24)16(12-13)20-28-19(29-21(32)30-20)14-6-8-15(33-3)9-7-14/h4,6-10,12H,5,11H2,1-3H3,(H,28,29,30,32). The molecule has 5 nitrogen and oxygen atoms in total. The molecule has 0 bridgehead atoms. The van der Waals surface area contributed by atoms with Crippen molar-refractivity contribution >= 4 is 29.1 Å². The van der Waals surface area contributed by atoms with E-state index in [0.29, 0.717) is 21.7 Å². The highest BCUT2D eigenvalue weighted by Crippen LogP contribution is 2.39. The molecule has 0 aliphatic heterocycles. The number of hydrogen-bond donors (Lipinski definition) is 1. The van der Waals surface area contributed by atoms with Crippen molar-refractivity contribution in [1.29, 1.82) is 0 Å². The zero-order chi connectivity index (χ0) is 24.4. The molecule has 0 saturated carbocycles. The first kappa shape index (κ1) is 25.0. The highest BCUT2D eigenvalue weighted by Gasteiger charge is 2.51. The van der Waals surface area contributed by atoms with Gasteiger partial charge in [0.2, 0.25) is 0 Å². The van der Waals surface area contributed by atoms with Gasteiger partial charge in [-0.15, -0.1) is 11.8 Å². The first-order chi connectivity index (χ1) is 15.4. The number of aryl methyl sites for hydroxylation is 1. The minimum atomic E-state index is -4.62. The minimum Gasteiger partial charge on any atom is -0.299 e. The maximum atomic E-state index is 13.1. The maximum absolute atomic E-state index is 13.1. The summed E-state index contributed by atoms with van der Waals surface area (Å²) < 4.78 is 39.4. The fourth-order valence-corrected chi connectivity index (χ4v) is 3.63. The van der Waals surface area contributed by atoms with Crippen molar-refractivity contribution in [2.45, 2.75) is 37.8 Å². The van der Waals surface area contributed by atoms with E-state index in [9.17, 15) is 22.8 Å². The number of benzene rings is 2. The molecule has 1 N–H and O–H groups in total. The van der Waals surface area contributed by atoms with Crippen molar-refractivity contribution in [3.05, 3.63) is 63.5 Å². The fraction of sp³-hybridized carbons (Fsp3) is 0.304. The van der Waals surface area contributed by atoms with Crippen LogP contribution in [0.2, 0.25) is 5.02 Å². The number of nitrogens with one attached hydrogen (secondary N) is 1. The van der Waals surface area contributed by atoms with Gasteiger partial charge in [-0.05, 0) is 56.4 Å². The summed E-state index contributed by atoms with van der Waals surface area (Å²) in [5.74, 6) is -0.518. The van der Waals surface area contributed by atoms with Crippen molar-refractivity contribution < 1.29 is 18.0 Å². The number of hydrogen-bond acceptors (Lipinski definition) is 5. The molecule has 1 heterocycles. The molecule has 0 unspecified atom stereocenters. The van der Waals surface area contributed by atoms with Gasteiger partial charge < -0.3 is 0 Å². The van der Waals surface area contributed by atoms with E-state index in [4.69, 9.17) is 11.6 Å². The number of nitrogens with zero attached hydrogens (tertiary/aromatic N) is 2. The number of ketones is 1. The summed E-state index contributed by atoms with van der Waals surface area (Å²) in [6.45, 7) is 1.75. The average Bonchev–Trinajstić information content (AvgIpc) is 2.77. The largest absolute Gasteiger partial charge is 0.400 e. The molecule has 0 radical (unpaired) electrons. The number of alkyl halides is 3. The Bertz CT molecular complexity index is 1220. The van der Waals surface area contributed by atoms with E-state index in [0.717, 1.165) is 18.7 Å². The van der Waals surface area contributed by atoms with Crippen LogP contribution >= 0.6 is 23.4 Å². The van der Waals surface area contributed by atoms with Crippen LogP contribution < -0.4 is 5.69 Å². The first-order valence-electron chi connectivity index (χ1n) is 9.94. The average molecular weight is 496 g/mol. The van der Waals surface area contributed by atoms with Gasteiger partial charge in [-0.2, -0.15) is 18.2 Å². The molecule has 0 atom stereocenters. The van der Waals surface area contributed by atoms with Crippen molar-refractivity contribution in [2.75, 3.05) is 6.26 Å². The van der Waals surface area contributed by atoms with E-state index in [1.807, 2.05) is 18.4 Å². The summed E-state index contributed by atoms with van der Waals surface area (Å²) in [5.41, 5.74) is -1.43. The van der Waals surface area contributed by atoms with Gasteiger partial charge in [-0.1, -0.05) is 29.8 Å². The molecule has 0 saturated heterocycles. The van der Waals surface area contributed by atoms with Gasteiger partial charge in [0.25, 0.3) is 0 Å². The number of Topliss-reactive ketones (excluding diaryl/α,β-unsaturated/α-hetero) is 1. The Hall–Kier alpha value is -2.65. The second-order valence-corrected chi connectivity index (χ2v) is 9.20. The second kappa shape index (κ2) is 9.69. The van der Waals surface area contributed by atoms with E-state index in [2.05, 4.69) is 15.0 Å². The number of carbonyl (C=O) groups excluding carboxylic acids is 1. The monoisotopic (exact) mass is 495 g/mol. The topological polar surface area (TPSA) is 75.7 Å². The number of aromatic nitrogens is 3. The van der Waals surface area contributed by atoms with Crippen LogP contribution in [0.25, 0.3) is 22.8 Å². The Morgan fingerprint density at radius 1 is 1.09 bits per heavy atom. The smallest absolute Gasteiger partial charge is 0.299 e. The SMILES string of the molecule is CSc1ccc(-c2nc(-c3cc(CCC(=O)C(C)(C)C(F)(F)F)ccc3Cl)[nH]c(=O)n2)cc1. The molecule has 1 aromatic heterocycles. The summed E-state index contributed by atoms with van der Waals surface area (Å²) in [6, 6.07) is 12.2. The van der Waals surface area contributed by atoms with Gasteiger partial charge in [0.05, 0.1) is 5.02 Å². The third kappa shape index (κ3) is 5.65. The number of halogens is 4. The predicted molar refractivity (Wildman–Crippen MR) is 123 cm³/mol. The quantitative estimate of drug-likeness (QED) is 0.409. The van der Waals surface area contributed by atoms with Crippen LogP contribution in [0.1, 0.15) is 25.8 Å². The highest BCUT2D eigenvalue weighted by molar-refractivity contribution is 7.98. The van der Waals surface area contributed by atoms with Crippen molar-refractivity contribution in [3.63, 3.8) is 0 Å². The molecule has 174 valence electrons. The molecule has 10 heteroatoms. The lowest BCUT2D eigenvalue weighted by Crippen LogP contribution is -2.39. The maximum Gasteiger partial charge on any atom is 0.400 e. The van der Waals surface area contributed by atoms with Crippen LogP contribution in [-0.2, 0) is 11.2 Å². The Morgan fingerprint density at radius 3 is 2.36 bits per heavy atom. The van der Waals surface area contributed by atoms with Gasteiger partial charge in [-0.25, -0.2) is 9.78 Å². The Labute approximate surface area is 197 Å². The number of carbonyl (C=O) groups is 1. The van der Waals surface area contributed by atoms with E-state index < -0.39 is 23.1 Å². The zero-order valence-electron chi connectivity index (χ0n) is 18.1. The summed E-state index contributed by atoms with van der Waals surface area (Å²) >= 11 is 7.89. The summed E-state index contributed by atoms with van der Waals surface area (Å²) in [5, 5.41) is 0.290. The van der Waals surface area contributed by atoms with E-state index in [1.54, 1.807) is 42.1 Å². The van der Waals surface area contributed by atoms with Crippen LogP contribution in [0.3, 0.4) is 0 Å². The van der Waals surface area contributed by atoms with Gasteiger partial charge in [0, 0.05) is 22.4 Å². The number of rotatable bonds is 7. The fourth-order valence-electron chi connectivity index (χ4n) is 3.02. The molecular formula is C23H21ClF3N3O2S. The van der Waals surface area contributed by atoms with E-state index in [-0.39, 0.29) is 24.5 Å². The molecule has 0 aliphatic rings. The predicted octanol–water partition coefficient (Wildman–Crippen LogP) is 5.96. The summed E-state index contributed by atoms with van der Waals surface area (Å²) in [4.78, 5) is 36.3. The Balaban J connectivity index is 1.90. The van der Waals surface area contributed by atoms with E-state index in [1.165, 1.54) is 0 Å². The third-order valence-corrected chi connectivity index (χ3v) is 6.40. The lowest BCUT2D eigenvalue weighted by Gasteiger charge is -2.26. The van der Waals surface area contributed by atoms with Gasteiger partial charge in [0.1, 0.15) is 17.0 Å². The molecule has 2 aromatic carbocycles. The molecule has 33 heavy (non-hydrogen) atoms. The van der Waals surface area contributed by atoms with Crippen LogP contribution in [0.15, 0.2) is 52.2 Å². The zero-order valence-corrected chi connectivity index (χ0v) is 19.7. The van der Waals surface area contributed by atoms with Crippen molar-refractivity contribution in [3.8, 4) is 22.8 Å². The van der Waals surface area contributed by atoms with Crippen LogP contribution in [-0.4, -0.2) is 33.2 Å². The Morgan fingerprint density at radius 2 is 1.76 bits per heavy atom. The van der Waals surface area contributed by atoms with Crippen LogP contribution in [0.5, 0.6) is 0 Å². The molecule has 0 fully saturated rings. The summed E-state index contributed by atoms with van der Waals surface area (Å²) in [6.07, 6.45) is -2.88. The van der Waals surface area contributed by atoms with Crippen molar-refractivity contribution in [2.24, 2.45) is 5.41 Å². The van der Waals surface area contributed by atoms with Crippen molar-refractivity contribution in [1.82, 2.24) is 15.0 Å². The molecule has 0 spiro atoms. The molecule has 0 aliphatic carbocycles. The first-order valence-corrected chi connectivity index (χ1v) is 11.5. The highest BCUT2D eigenvalue weighted by atomic mass is 35.5. The third-order valence-electron chi connectivity index (χ3n) is 5.33. The Kier molecular flexibility index (Phi) is 7.33. The molecular weight excluding hydrogens is 475 g/mol. The van der Waals surface area contributed by atoms with Crippen LogP contribution in [0.4, 0.5) is 13.2 Å². The molecule has 3 rings (SSSR count). The lowest BCUT2D eigenvalue weighted by molar-refractivity contribution is -0.210. The summed E-state index contributed by atoms with van der Waals surface area (Å²) in [7, 11) is 0. The van der Waals surface area contributed by atoms with Gasteiger partial charge >= 0.3 is 11.9 Å². The second-order valence-electron chi connectivity index (χ2n) is 7.91. The molecule has 0 amide bonds. The van der Waals surface area contributed by atoms with E-state index >= 15 is 0 Å². The number of thioether (sulfide) groups is 1. The van der Waals surface area contributed by atoms with Crippen LogP contribution in [0, 0.1) is 5.41 Å². The van der Waals surface area contributed by atoms with Gasteiger partial charge in [0.15, 0.2) is 5.82 Å². The normalized spacial score (nSPS) is 12.1. The minimum absolute atomic E-state index is 0.0842.